The van der Waals surface area contributed by atoms with Crippen molar-refractivity contribution in [3.05, 3.63) is 7.05 Å². The number of hydrogen-bond acceptors (Lipinski definition) is 2. The van der Waals surface area contributed by atoms with Crippen LogP contribution in [0, 0.1) is 7.05 Å². The molecule has 1 saturated heterocycles. The lowest BCUT2D eigenvalue weighted by Crippen LogP contribution is -2.42. The zero-order chi connectivity index (χ0) is 7.78. The molecule has 0 saturated carbocycles. The molecule has 0 aromatic heterocycles. The van der Waals surface area contributed by atoms with Crippen molar-refractivity contribution >= 4 is 0 Å². The highest BCUT2D eigenvalue weighted by Crippen LogP contribution is 2.25. The van der Waals surface area contributed by atoms with E-state index in [1.165, 1.54) is 0 Å². The Kier molecular flexibility index (Phi) is 2.02. The van der Waals surface area contributed by atoms with Crippen molar-refractivity contribution in [2.45, 2.75) is 38.3 Å². The van der Waals surface area contributed by atoms with E-state index in [0.29, 0.717) is 0 Å². The van der Waals surface area contributed by atoms with Gasteiger partial charge in [0, 0.05) is 6.04 Å². The lowest BCUT2D eigenvalue weighted by atomic mass is 9.97. The number of nitrogens with zero attached hydrogens (tertiary/aromatic N) is 1. The molecule has 0 spiro atoms. The first-order valence-corrected chi connectivity index (χ1v) is 3.81. The number of rotatable bonds is 1. The quantitative estimate of drug-likeness (QED) is 0.552. The van der Waals surface area contributed by atoms with E-state index < -0.39 is 5.60 Å². The highest BCUT2D eigenvalue weighted by molar-refractivity contribution is 4.90. The molecule has 1 fully saturated rings. The van der Waals surface area contributed by atoms with E-state index in [4.69, 9.17) is 0 Å². The molecule has 1 heterocycles. The summed E-state index contributed by atoms with van der Waals surface area (Å²) >= 11 is 0. The fourth-order valence-corrected chi connectivity index (χ4v) is 1.63. The summed E-state index contributed by atoms with van der Waals surface area (Å²) in [5.41, 5.74) is -0.585. The third-order valence-electron chi connectivity index (χ3n) is 2.18. The Balaban J connectivity index is 2.55. The summed E-state index contributed by atoms with van der Waals surface area (Å²) in [7, 11) is 3.86. The van der Waals surface area contributed by atoms with Crippen LogP contribution in [0.1, 0.15) is 26.7 Å². The largest absolute Gasteiger partial charge is 0.454 e. The molecule has 1 N–H and O–H groups in total. The van der Waals surface area contributed by atoms with Gasteiger partial charge in [0.25, 0.3) is 0 Å². The number of likely N-dealkylation sites (tertiary alicyclic amines) is 1. The monoisotopic (exact) mass is 142 g/mol. The molecule has 0 aromatic carbocycles. The first-order valence-electron chi connectivity index (χ1n) is 3.81. The fraction of sp³-hybridized carbons (Fsp3) is 0.875. The van der Waals surface area contributed by atoms with Gasteiger partial charge in [-0.2, -0.15) is 0 Å². The van der Waals surface area contributed by atoms with Crippen molar-refractivity contribution in [3.8, 4) is 0 Å². The molecule has 0 aromatic rings. The summed E-state index contributed by atoms with van der Waals surface area (Å²) in [5.74, 6) is 0. The minimum atomic E-state index is -0.585. The third kappa shape index (κ3) is 1.50. The van der Waals surface area contributed by atoms with E-state index in [9.17, 15) is 5.11 Å². The van der Waals surface area contributed by atoms with Gasteiger partial charge < -0.3 is 10.0 Å². The molecule has 2 nitrogen and oxygen atoms in total. The Morgan fingerprint density at radius 1 is 1.60 bits per heavy atom. The van der Waals surface area contributed by atoms with Crippen LogP contribution >= 0.6 is 0 Å². The van der Waals surface area contributed by atoms with Crippen LogP contribution in [0.4, 0.5) is 0 Å². The van der Waals surface area contributed by atoms with Gasteiger partial charge in [0.1, 0.15) is 0 Å². The summed E-state index contributed by atoms with van der Waals surface area (Å²) in [4.78, 5) is 1.99. The van der Waals surface area contributed by atoms with Crippen molar-refractivity contribution in [1.29, 1.82) is 0 Å². The Hall–Kier alpha value is -0.0800. The van der Waals surface area contributed by atoms with Gasteiger partial charge in [-0.25, -0.2) is 0 Å². The van der Waals surface area contributed by atoms with Crippen LogP contribution in [0.2, 0.25) is 0 Å². The molecule has 0 aliphatic carbocycles. The van der Waals surface area contributed by atoms with E-state index in [0.717, 1.165) is 19.4 Å². The second kappa shape index (κ2) is 2.51. The van der Waals surface area contributed by atoms with Crippen LogP contribution in [0.25, 0.3) is 0 Å². The molecule has 0 unspecified atom stereocenters. The van der Waals surface area contributed by atoms with Gasteiger partial charge in [0.2, 0.25) is 0 Å². The lowest BCUT2D eigenvalue weighted by molar-refractivity contribution is 0.0113. The zero-order valence-corrected chi connectivity index (χ0v) is 6.80. The lowest BCUT2D eigenvalue weighted by Gasteiger charge is -2.36. The minimum Gasteiger partial charge on any atom is -0.454 e. The molecule has 1 aliphatic heterocycles. The molecule has 0 bridgehead atoms. The van der Waals surface area contributed by atoms with Gasteiger partial charge in [0.05, 0.1) is 5.60 Å². The second-order valence-corrected chi connectivity index (χ2v) is 3.62. The smallest absolute Gasteiger partial charge is 0.0722 e. The first-order chi connectivity index (χ1) is 4.52. The molecular formula is C8H16NO-. The van der Waals surface area contributed by atoms with Gasteiger partial charge >= 0.3 is 0 Å². The summed E-state index contributed by atoms with van der Waals surface area (Å²) in [6.07, 6.45) is 2.24. The molecular weight excluding hydrogens is 126 g/mol. The minimum absolute atomic E-state index is 0.257. The summed E-state index contributed by atoms with van der Waals surface area (Å²) < 4.78 is 0. The molecule has 1 atom stereocenters. The van der Waals surface area contributed by atoms with E-state index in [-0.39, 0.29) is 6.04 Å². The number of hydrogen-bond donors (Lipinski definition) is 1. The van der Waals surface area contributed by atoms with Crippen molar-refractivity contribution in [3.63, 3.8) is 0 Å². The Morgan fingerprint density at radius 2 is 2.20 bits per heavy atom. The maximum Gasteiger partial charge on any atom is 0.0722 e. The fourth-order valence-electron chi connectivity index (χ4n) is 1.63. The number of aliphatic hydroxyl groups is 1. The van der Waals surface area contributed by atoms with Crippen molar-refractivity contribution in [2.75, 3.05) is 6.54 Å². The van der Waals surface area contributed by atoms with Gasteiger partial charge in [-0.05, 0) is 33.2 Å². The van der Waals surface area contributed by atoms with E-state index in [2.05, 4.69) is 7.05 Å². The van der Waals surface area contributed by atoms with Crippen LogP contribution in [0.15, 0.2) is 0 Å². The average molecular weight is 142 g/mol. The van der Waals surface area contributed by atoms with Gasteiger partial charge in [-0.1, -0.05) is 0 Å². The Labute approximate surface area is 62.8 Å². The summed E-state index contributed by atoms with van der Waals surface area (Å²) in [5, 5.41) is 9.61. The first kappa shape index (κ1) is 8.02. The highest BCUT2D eigenvalue weighted by Gasteiger charge is 2.29. The molecule has 0 amide bonds. The van der Waals surface area contributed by atoms with Crippen LogP contribution in [-0.2, 0) is 0 Å². The third-order valence-corrected chi connectivity index (χ3v) is 2.18. The molecule has 10 heavy (non-hydrogen) atoms. The average Bonchev–Trinajstić information content (AvgIpc) is 2.11. The van der Waals surface area contributed by atoms with Crippen LogP contribution in [0.3, 0.4) is 0 Å². The summed E-state index contributed by atoms with van der Waals surface area (Å²) in [6, 6.07) is 0.257. The van der Waals surface area contributed by atoms with Crippen LogP contribution < -0.4 is 0 Å². The topological polar surface area (TPSA) is 23.5 Å². The van der Waals surface area contributed by atoms with Crippen molar-refractivity contribution in [2.24, 2.45) is 0 Å². The van der Waals surface area contributed by atoms with E-state index >= 15 is 0 Å². The van der Waals surface area contributed by atoms with Crippen molar-refractivity contribution in [1.82, 2.24) is 4.90 Å². The Morgan fingerprint density at radius 3 is 2.40 bits per heavy atom. The van der Waals surface area contributed by atoms with Crippen LogP contribution in [0.5, 0.6) is 0 Å². The highest BCUT2D eigenvalue weighted by atomic mass is 16.3. The van der Waals surface area contributed by atoms with E-state index in [1.54, 1.807) is 0 Å². The molecule has 0 radical (unpaired) electrons. The predicted octanol–water partition coefficient (Wildman–Crippen LogP) is 1.01. The molecule has 60 valence electrons. The standard InChI is InChI=1S/C8H16NO/c1-8(2,10)7-5-4-6-9(7)3/h7,10H,3-6H2,1-2H3/q-1/t7-/m0/s1. The van der Waals surface area contributed by atoms with Gasteiger partial charge in [-0.15, -0.1) is 0 Å². The Bertz CT molecular complexity index is 117. The van der Waals surface area contributed by atoms with Crippen LogP contribution in [-0.4, -0.2) is 28.2 Å². The maximum atomic E-state index is 9.61. The second-order valence-electron chi connectivity index (χ2n) is 3.62. The molecule has 1 aliphatic rings. The van der Waals surface area contributed by atoms with Crippen molar-refractivity contribution < 1.29 is 5.11 Å². The summed E-state index contributed by atoms with van der Waals surface area (Å²) in [6.45, 7) is 4.72. The molecule has 2 heteroatoms. The predicted molar refractivity (Wildman–Crippen MR) is 41.4 cm³/mol. The van der Waals surface area contributed by atoms with E-state index in [1.807, 2.05) is 18.7 Å². The maximum absolute atomic E-state index is 9.61. The SMILES string of the molecule is [CH2-]N1CCC[C@H]1C(C)(C)O. The van der Waals surface area contributed by atoms with Gasteiger partial charge in [-0.3, -0.25) is 7.05 Å². The van der Waals surface area contributed by atoms with Gasteiger partial charge in [0.15, 0.2) is 0 Å². The normalized spacial score (nSPS) is 29.4. The molecule has 1 rings (SSSR count). The zero-order valence-electron chi connectivity index (χ0n) is 6.80.